The van der Waals surface area contributed by atoms with E-state index in [9.17, 15) is 14.0 Å². The third-order valence-electron chi connectivity index (χ3n) is 6.11. The summed E-state index contributed by atoms with van der Waals surface area (Å²) in [4.78, 5) is 32.5. The number of benzene rings is 3. The monoisotopic (exact) mass is 573 g/mol. The van der Waals surface area contributed by atoms with Gasteiger partial charge in [0.1, 0.15) is 17.6 Å². The van der Waals surface area contributed by atoms with E-state index in [4.69, 9.17) is 31.3 Å². The number of fused-ring (bicyclic) bond motifs is 1. The molecule has 0 fully saturated rings. The van der Waals surface area contributed by atoms with Gasteiger partial charge >= 0.3 is 5.97 Å². The second kappa shape index (κ2) is 11.7. The van der Waals surface area contributed by atoms with Gasteiger partial charge in [0.25, 0.3) is 5.56 Å². The summed E-state index contributed by atoms with van der Waals surface area (Å²) in [6.45, 7) is 1.63. The standard InChI is InChI=1S/C30H21ClFN3O4S/c1-2-38-29(37)25-26(18-6-4-3-5-7-18)34-30-35(27(25)19-8-11-22(32)12-9-19)28(36)24(40-30)17-20-16-21(31)10-13-23(20)39-15-14-33/h3-13,16-17,27H,2,15H2,1H3/b24-17-/t27-/m1/s1. The lowest BCUT2D eigenvalue weighted by Crippen LogP contribution is -2.40. The number of nitriles is 1. The number of carbonyl (C=O) groups is 1. The zero-order valence-electron chi connectivity index (χ0n) is 21.1. The number of aromatic nitrogens is 1. The van der Waals surface area contributed by atoms with Crippen LogP contribution in [0.2, 0.25) is 5.02 Å². The van der Waals surface area contributed by atoms with E-state index in [-0.39, 0.29) is 18.8 Å². The maximum atomic E-state index is 14.0. The molecule has 0 radical (unpaired) electrons. The first-order valence-electron chi connectivity index (χ1n) is 12.2. The van der Waals surface area contributed by atoms with Crippen molar-refractivity contribution in [3.05, 3.63) is 126 Å². The first-order valence-corrected chi connectivity index (χ1v) is 13.4. The van der Waals surface area contributed by atoms with Crippen LogP contribution in [-0.2, 0) is 9.53 Å². The largest absolute Gasteiger partial charge is 0.478 e. The third-order valence-corrected chi connectivity index (χ3v) is 7.33. The van der Waals surface area contributed by atoms with Gasteiger partial charge in [-0.3, -0.25) is 9.36 Å². The van der Waals surface area contributed by atoms with E-state index in [2.05, 4.69) is 0 Å². The SMILES string of the molecule is CCOC(=O)C1=C(c2ccccc2)N=c2s/c(=C\c3cc(Cl)ccc3OCC#N)c(=O)n2[C@@H]1c1ccc(F)cc1. The van der Waals surface area contributed by atoms with E-state index >= 15 is 0 Å². The molecule has 1 aliphatic rings. The number of thiazole rings is 1. The van der Waals surface area contributed by atoms with Crippen molar-refractivity contribution in [3.8, 4) is 11.8 Å². The van der Waals surface area contributed by atoms with Crippen LogP contribution in [0.15, 0.2) is 88.2 Å². The average molecular weight is 574 g/mol. The highest BCUT2D eigenvalue weighted by Crippen LogP contribution is 2.35. The first kappa shape index (κ1) is 27.1. The molecule has 0 aliphatic carbocycles. The van der Waals surface area contributed by atoms with Crippen LogP contribution in [0.5, 0.6) is 5.75 Å². The summed E-state index contributed by atoms with van der Waals surface area (Å²) in [6, 6.07) is 20.6. The van der Waals surface area contributed by atoms with Crippen molar-refractivity contribution in [2.24, 2.45) is 4.99 Å². The smallest absolute Gasteiger partial charge is 0.338 e. The van der Waals surface area contributed by atoms with Gasteiger partial charge in [-0.1, -0.05) is 65.4 Å². The highest BCUT2D eigenvalue weighted by atomic mass is 35.5. The van der Waals surface area contributed by atoms with Gasteiger partial charge in [0, 0.05) is 16.1 Å². The van der Waals surface area contributed by atoms with Crippen LogP contribution in [-0.4, -0.2) is 23.8 Å². The molecule has 0 saturated carbocycles. The van der Waals surface area contributed by atoms with Gasteiger partial charge in [0.15, 0.2) is 11.4 Å². The third kappa shape index (κ3) is 5.32. The Labute approximate surface area is 237 Å². The van der Waals surface area contributed by atoms with Crippen molar-refractivity contribution in [3.63, 3.8) is 0 Å². The summed E-state index contributed by atoms with van der Waals surface area (Å²) in [5.74, 6) is -0.702. The number of carbonyl (C=O) groups excluding carboxylic acids is 1. The second-order valence-electron chi connectivity index (χ2n) is 8.61. The van der Waals surface area contributed by atoms with Crippen LogP contribution in [0.4, 0.5) is 4.39 Å². The van der Waals surface area contributed by atoms with Crippen molar-refractivity contribution in [1.82, 2.24) is 4.57 Å². The van der Waals surface area contributed by atoms with Crippen LogP contribution < -0.4 is 19.6 Å². The summed E-state index contributed by atoms with van der Waals surface area (Å²) >= 11 is 7.34. The second-order valence-corrected chi connectivity index (χ2v) is 10.1. The zero-order chi connectivity index (χ0) is 28.2. The number of nitrogens with zero attached hydrogens (tertiary/aromatic N) is 3. The minimum Gasteiger partial charge on any atom is -0.478 e. The summed E-state index contributed by atoms with van der Waals surface area (Å²) in [6.07, 6.45) is 1.61. The highest BCUT2D eigenvalue weighted by molar-refractivity contribution is 7.07. The van der Waals surface area contributed by atoms with Crippen LogP contribution >= 0.6 is 22.9 Å². The molecule has 3 aromatic carbocycles. The molecule has 7 nitrogen and oxygen atoms in total. The number of hydrogen-bond donors (Lipinski definition) is 0. The quantitative estimate of drug-likeness (QED) is 0.301. The fourth-order valence-electron chi connectivity index (χ4n) is 4.42. The van der Waals surface area contributed by atoms with Crippen molar-refractivity contribution in [1.29, 1.82) is 5.26 Å². The van der Waals surface area contributed by atoms with E-state index in [1.165, 1.54) is 28.8 Å². The van der Waals surface area contributed by atoms with Crippen molar-refractivity contribution < 1.29 is 18.7 Å². The number of hydrogen-bond acceptors (Lipinski definition) is 7. The minimum absolute atomic E-state index is 0.116. The van der Waals surface area contributed by atoms with Crippen LogP contribution in [0.25, 0.3) is 11.8 Å². The van der Waals surface area contributed by atoms with Gasteiger partial charge in [-0.2, -0.15) is 5.26 Å². The Morgan fingerprint density at radius 1 is 1.18 bits per heavy atom. The summed E-state index contributed by atoms with van der Waals surface area (Å²) in [5.41, 5.74) is 1.79. The average Bonchev–Trinajstić information content (AvgIpc) is 3.27. The molecule has 40 heavy (non-hydrogen) atoms. The molecule has 0 unspecified atom stereocenters. The molecule has 1 atom stereocenters. The zero-order valence-corrected chi connectivity index (χ0v) is 22.7. The molecule has 0 saturated heterocycles. The minimum atomic E-state index is -0.929. The molecule has 10 heteroatoms. The molecular weight excluding hydrogens is 553 g/mol. The Morgan fingerprint density at radius 2 is 1.93 bits per heavy atom. The topological polar surface area (TPSA) is 93.7 Å². The van der Waals surface area contributed by atoms with Crippen LogP contribution in [0.1, 0.15) is 29.7 Å². The van der Waals surface area contributed by atoms with Gasteiger partial charge in [0.05, 0.1) is 28.5 Å². The molecule has 0 bridgehead atoms. The Balaban J connectivity index is 1.81. The van der Waals surface area contributed by atoms with E-state index in [1.807, 2.05) is 36.4 Å². The first-order chi connectivity index (χ1) is 19.4. The van der Waals surface area contributed by atoms with Crippen molar-refractivity contribution >= 4 is 40.7 Å². The van der Waals surface area contributed by atoms with E-state index < -0.39 is 23.4 Å². The molecule has 1 aliphatic heterocycles. The Kier molecular flexibility index (Phi) is 7.91. The van der Waals surface area contributed by atoms with Gasteiger partial charge in [-0.25, -0.2) is 14.2 Å². The van der Waals surface area contributed by atoms with E-state index in [0.29, 0.717) is 42.5 Å². The van der Waals surface area contributed by atoms with Gasteiger partial charge in [-0.05, 0) is 48.9 Å². The Bertz CT molecular complexity index is 1840. The van der Waals surface area contributed by atoms with Gasteiger partial charge in [0.2, 0.25) is 0 Å². The molecular formula is C30H21ClFN3O4S. The maximum absolute atomic E-state index is 14.0. The molecule has 1 aromatic heterocycles. The maximum Gasteiger partial charge on any atom is 0.338 e. The summed E-state index contributed by atoms with van der Waals surface area (Å²) in [7, 11) is 0. The normalized spacial score (nSPS) is 14.8. The summed E-state index contributed by atoms with van der Waals surface area (Å²) < 4.78 is 26.6. The molecule has 0 amide bonds. The number of halogens is 2. The lowest BCUT2D eigenvalue weighted by molar-refractivity contribution is -0.138. The molecule has 4 aromatic rings. The molecule has 2 heterocycles. The Morgan fingerprint density at radius 3 is 2.62 bits per heavy atom. The highest BCUT2D eigenvalue weighted by Gasteiger charge is 2.35. The van der Waals surface area contributed by atoms with Gasteiger partial charge in [-0.15, -0.1) is 0 Å². The number of esters is 1. The Hall–Kier alpha value is -4.52. The summed E-state index contributed by atoms with van der Waals surface area (Å²) in [5, 5.41) is 9.38. The van der Waals surface area contributed by atoms with E-state index in [1.54, 1.807) is 31.2 Å². The van der Waals surface area contributed by atoms with E-state index in [0.717, 1.165) is 11.3 Å². The fourth-order valence-corrected chi connectivity index (χ4v) is 5.59. The fraction of sp³-hybridized carbons (Fsp3) is 0.133. The lowest BCUT2D eigenvalue weighted by Gasteiger charge is -2.25. The molecule has 0 N–H and O–H groups in total. The molecule has 200 valence electrons. The number of ether oxygens (including phenoxy) is 2. The molecule has 0 spiro atoms. The van der Waals surface area contributed by atoms with Crippen LogP contribution in [0.3, 0.4) is 0 Å². The van der Waals surface area contributed by atoms with Crippen molar-refractivity contribution in [2.75, 3.05) is 13.2 Å². The predicted octanol–water partition coefficient (Wildman–Crippen LogP) is 4.63. The molecule has 5 rings (SSSR count). The number of rotatable bonds is 7. The van der Waals surface area contributed by atoms with Gasteiger partial charge < -0.3 is 9.47 Å². The van der Waals surface area contributed by atoms with Crippen LogP contribution in [0, 0.1) is 17.1 Å². The van der Waals surface area contributed by atoms with Crippen molar-refractivity contribution in [2.45, 2.75) is 13.0 Å². The predicted molar refractivity (Wildman–Crippen MR) is 150 cm³/mol. The lowest BCUT2D eigenvalue weighted by atomic mass is 9.93.